The number of nitrogens with zero attached hydrogens (tertiary/aromatic N) is 2. The minimum atomic E-state index is 0.0903. The van der Waals surface area contributed by atoms with Crippen molar-refractivity contribution in [1.29, 1.82) is 0 Å². The van der Waals surface area contributed by atoms with Crippen molar-refractivity contribution in [1.82, 2.24) is 14.9 Å². The summed E-state index contributed by atoms with van der Waals surface area (Å²) in [6, 6.07) is 13.9. The molecule has 0 fully saturated rings. The van der Waals surface area contributed by atoms with Gasteiger partial charge >= 0.3 is 0 Å². The van der Waals surface area contributed by atoms with Gasteiger partial charge in [0.05, 0.1) is 17.6 Å². The second-order valence-electron chi connectivity index (χ2n) is 7.84. The highest BCUT2D eigenvalue weighted by atomic mass is 35.5. The second kappa shape index (κ2) is 11.2. The minimum absolute atomic E-state index is 0.0903. The Morgan fingerprint density at radius 2 is 1.97 bits per heavy atom. The first kappa shape index (κ1) is 23.1. The molecule has 31 heavy (non-hydrogen) atoms. The van der Waals surface area contributed by atoms with Gasteiger partial charge < -0.3 is 14.6 Å². The molecular formula is C25H32ClN3O2. The normalized spacial score (nSPS) is 11.3. The number of carbonyl (C=O) groups excluding carboxylic acids is 1. The molecule has 0 aliphatic rings. The second-order valence-corrected chi connectivity index (χ2v) is 8.24. The molecule has 1 amide bonds. The maximum atomic E-state index is 12.3. The summed E-state index contributed by atoms with van der Waals surface area (Å²) >= 11 is 6.09. The summed E-state index contributed by atoms with van der Waals surface area (Å²) in [6.45, 7) is 8.10. The molecule has 0 saturated carbocycles. The van der Waals surface area contributed by atoms with E-state index in [4.69, 9.17) is 21.3 Å². The Morgan fingerprint density at radius 1 is 1.19 bits per heavy atom. The number of aromatic nitrogens is 2. The molecule has 0 atom stereocenters. The van der Waals surface area contributed by atoms with Gasteiger partial charge in [-0.25, -0.2) is 4.98 Å². The highest BCUT2D eigenvalue weighted by Gasteiger charge is 2.15. The third-order valence-electron chi connectivity index (χ3n) is 5.66. The predicted octanol–water partition coefficient (Wildman–Crippen LogP) is 5.56. The Morgan fingerprint density at radius 3 is 2.71 bits per heavy atom. The van der Waals surface area contributed by atoms with E-state index in [0.717, 1.165) is 59.0 Å². The number of carbonyl (C=O) groups is 1. The summed E-state index contributed by atoms with van der Waals surface area (Å²) in [4.78, 5) is 17.1. The average molecular weight is 442 g/mol. The summed E-state index contributed by atoms with van der Waals surface area (Å²) in [7, 11) is 0. The number of halogens is 1. The van der Waals surface area contributed by atoms with E-state index in [1.807, 2.05) is 43.3 Å². The van der Waals surface area contributed by atoms with Gasteiger partial charge in [0, 0.05) is 30.5 Å². The maximum absolute atomic E-state index is 12.3. The van der Waals surface area contributed by atoms with Crippen LogP contribution in [-0.4, -0.2) is 28.6 Å². The fourth-order valence-electron chi connectivity index (χ4n) is 3.79. The summed E-state index contributed by atoms with van der Waals surface area (Å²) < 4.78 is 8.15. The zero-order valence-corrected chi connectivity index (χ0v) is 19.4. The number of benzene rings is 2. The number of fused-ring (bicyclic) bond motifs is 1. The summed E-state index contributed by atoms with van der Waals surface area (Å²) in [5.41, 5.74) is 3.11. The monoisotopic (exact) mass is 441 g/mol. The number of aryl methyl sites for hydroxylation is 2. The number of para-hydroxylation sites is 2. The summed E-state index contributed by atoms with van der Waals surface area (Å²) in [5.74, 6) is 2.06. The number of rotatable bonds is 11. The van der Waals surface area contributed by atoms with Crippen LogP contribution in [0.4, 0.5) is 0 Å². The van der Waals surface area contributed by atoms with E-state index in [0.29, 0.717) is 19.6 Å². The van der Waals surface area contributed by atoms with Crippen LogP contribution >= 0.6 is 11.6 Å². The SMILES string of the molecule is CCC(CC)C(=O)NCCc1nc2ccccc2n1CCCOc1ccc(Cl)c(C)c1. The Labute approximate surface area is 189 Å². The van der Waals surface area contributed by atoms with E-state index in [9.17, 15) is 4.79 Å². The molecule has 0 aliphatic heterocycles. The van der Waals surface area contributed by atoms with Crippen molar-refractivity contribution >= 4 is 28.5 Å². The smallest absolute Gasteiger partial charge is 0.223 e. The van der Waals surface area contributed by atoms with E-state index < -0.39 is 0 Å². The first-order valence-electron chi connectivity index (χ1n) is 11.1. The van der Waals surface area contributed by atoms with Crippen LogP contribution in [0, 0.1) is 12.8 Å². The predicted molar refractivity (Wildman–Crippen MR) is 127 cm³/mol. The van der Waals surface area contributed by atoms with Gasteiger partial charge in [0.15, 0.2) is 0 Å². The molecule has 0 bridgehead atoms. The molecule has 166 valence electrons. The van der Waals surface area contributed by atoms with Crippen LogP contribution in [0.2, 0.25) is 5.02 Å². The van der Waals surface area contributed by atoms with E-state index in [1.165, 1.54) is 0 Å². The van der Waals surface area contributed by atoms with Crippen LogP contribution in [0.1, 0.15) is 44.5 Å². The summed E-state index contributed by atoms with van der Waals surface area (Å²) in [6.07, 6.45) is 3.30. The molecule has 0 unspecified atom stereocenters. The Hall–Kier alpha value is -2.53. The van der Waals surface area contributed by atoms with Gasteiger partial charge in [0.25, 0.3) is 0 Å². The number of hydrogen-bond acceptors (Lipinski definition) is 3. The molecule has 0 radical (unpaired) electrons. The number of nitrogens with one attached hydrogen (secondary N) is 1. The molecule has 2 aromatic carbocycles. The highest BCUT2D eigenvalue weighted by molar-refractivity contribution is 6.31. The lowest BCUT2D eigenvalue weighted by Crippen LogP contribution is -2.32. The fourth-order valence-corrected chi connectivity index (χ4v) is 3.90. The quantitative estimate of drug-likeness (QED) is 0.396. The average Bonchev–Trinajstić information content (AvgIpc) is 3.12. The van der Waals surface area contributed by atoms with Gasteiger partial charge in [0.1, 0.15) is 11.6 Å². The molecule has 1 aromatic heterocycles. The van der Waals surface area contributed by atoms with E-state index in [-0.39, 0.29) is 11.8 Å². The van der Waals surface area contributed by atoms with Crippen molar-refractivity contribution in [2.45, 2.75) is 53.0 Å². The van der Waals surface area contributed by atoms with Crippen molar-refractivity contribution < 1.29 is 9.53 Å². The maximum Gasteiger partial charge on any atom is 0.223 e. The van der Waals surface area contributed by atoms with Crippen molar-refractivity contribution in [2.75, 3.05) is 13.2 Å². The highest BCUT2D eigenvalue weighted by Crippen LogP contribution is 2.21. The van der Waals surface area contributed by atoms with Crippen molar-refractivity contribution in [3.8, 4) is 5.75 Å². The first-order chi connectivity index (χ1) is 15.0. The topological polar surface area (TPSA) is 56.2 Å². The van der Waals surface area contributed by atoms with Gasteiger partial charge in [-0.1, -0.05) is 37.6 Å². The van der Waals surface area contributed by atoms with Gasteiger partial charge in [-0.15, -0.1) is 0 Å². The van der Waals surface area contributed by atoms with Gasteiger partial charge in [-0.05, 0) is 62.1 Å². The Bertz CT molecular complexity index is 1010. The molecule has 6 heteroatoms. The van der Waals surface area contributed by atoms with Crippen LogP contribution < -0.4 is 10.1 Å². The van der Waals surface area contributed by atoms with Gasteiger partial charge in [0.2, 0.25) is 5.91 Å². The van der Waals surface area contributed by atoms with Crippen LogP contribution in [0.15, 0.2) is 42.5 Å². The number of ether oxygens (including phenoxy) is 1. The Kier molecular flexibility index (Phi) is 8.35. The molecule has 0 spiro atoms. The molecule has 3 aromatic rings. The van der Waals surface area contributed by atoms with E-state index in [2.05, 4.69) is 29.8 Å². The van der Waals surface area contributed by atoms with Crippen LogP contribution in [0.3, 0.4) is 0 Å². The molecule has 0 saturated heterocycles. The van der Waals surface area contributed by atoms with E-state index >= 15 is 0 Å². The number of hydrogen-bond donors (Lipinski definition) is 1. The molecule has 1 N–H and O–H groups in total. The molecule has 1 heterocycles. The van der Waals surface area contributed by atoms with Crippen molar-refractivity contribution in [3.63, 3.8) is 0 Å². The zero-order valence-electron chi connectivity index (χ0n) is 18.7. The van der Waals surface area contributed by atoms with Gasteiger partial charge in [-0.3, -0.25) is 4.79 Å². The Balaban J connectivity index is 1.60. The standard InChI is InChI=1S/C25H32ClN3O2/c1-4-19(5-2)25(30)27-14-13-24-28-22-9-6-7-10-23(22)29(24)15-8-16-31-20-11-12-21(26)18(3)17-20/h6-7,9-12,17,19H,4-5,8,13-16H2,1-3H3,(H,27,30). The molecule has 5 nitrogen and oxygen atoms in total. The van der Waals surface area contributed by atoms with Gasteiger partial charge in [-0.2, -0.15) is 0 Å². The molecule has 0 aliphatic carbocycles. The van der Waals surface area contributed by atoms with Crippen LogP contribution in [0.25, 0.3) is 11.0 Å². The van der Waals surface area contributed by atoms with Crippen LogP contribution in [-0.2, 0) is 17.8 Å². The largest absolute Gasteiger partial charge is 0.494 e. The zero-order chi connectivity index (χ0) is 22.2. The fraction of sp³-hybridized carbons (Fsp3) is 0.440. The summed E-state index contributed by atoms with van der Waals surface area (Å²) in [5, 5.41) is 3.82. The lowest BCUT2D eigenvalue weighted by atomic mass is 10.0. The molecular weight excluding hydrogens is 410 g/mol. The minimum Gasteiger partial charge on any atom is -0.494 e. The first-order valence-corrected chi connectivity index (χ1v) is 11.5. The molecule has 3 rings (SSSR count). The van der Waals surface area contributed by atoms with Crippen molar-refractivity contribution in [3.05, 3.63) is 58.9 Å². The lowest BCUT2D eigenvalue weighted by molar-refractivity contribution is -0.125. The van der Waals surface area contributed by atoms with E-state index in [1.54, 1.807) is 0 Å². The third kappa shape index (κ3) is 6.01. The number of amides is 1. The third-order valence-corrected chi connectivity index (χ3v) is 6.09. The number of imidazole rings is 1. The van der Waals surface area contributed by atoms with Crippen LogP contribution in [0.5, 0.6) is 5.75 Å². The van der Waals surface area contributed by atoms with Crippen molar-refractivity contribution in [2.24, 2.45) is 5.92 Å². The lowest BCUT2D eigenvalue weighted by Gasteiger charge is -2.14.